The van der Waals surface area contributed by atoms with Crippen LogP contribution in [0.25, 0.3) is 0 Å². The first-order chi connectivity index (χ1) is 20.1. The van der Waals surface area contributed by atoms with Crippen LogP contribution in [0.2, 0.25) is 0 Å². The van der Waals surface area contributed by atoms with Gasteiger partial charge in [-0.3, -0.25) is 9.69 Å². The van der Waals surface area contributed by atoms with Gasteiger partial charge in [0.2, 0.25) is 0 Å². The van der Waals surface area contributed by atoms with E-state index in [1.807, 2.05) is 33.8 Å². The van der Waals surface area contributed by atoms with Crippen LogP contribution in [0.3, 0.4) is 0 Å². The van der Waals surface area contributed by atoms with Crippen molar-refractivity contribution in [1.82, 2.24) is 19.8 Å². The van der Waals surface area contributed by atoms with E-state index in [4.69, 9.17) is 4.74 Å². The second-order valence-electron chi connectivity index (χ2n) is 12.7. The molecule has 7 nitrogen and oxygen atoms in total. The lowest BCUT2D eigenvalue weighted by Crippen LogP contribution is -2.58. The smallest absolute Gasteiger partial charge is 0.258 e. The molecule has 42 heavy (non-hydrogen) atoms. The SMILES string of the molecule is CC(C)N(C(=O)c1cc(F)ccc1Oc1cncnc1N1CC2(CCN(C3CCc4cc(F)ccc4C3)C2)C1)C(C)C. The Kier molecular flexibility index (Phi) is 7.64. The number of fused-ring (bicyclic) bond motifs is 1. The van der Waals surface area contributed by atoms with Gasteiger partial charge in [-0.2, -0.15) is 0 Å². The highest BCUT2D eigenvalue weighted by Crippen LogP contribution is 2.45. The lowest BCUT2D eigenvalue weighted by atomic mass is 9.79. The molecule has 1 unspecified atom stereocenters. The third-order valence-corrected chi connectivity index (χ3v) is 9.11. The van der Waals surface area contributed by atoms with Gasteiger partial charge in [-0.15, -0.1) is 0 Å². The Hall–Kier alpha value is -3.59. The van der Waals surface area contributed by atoms with Crippen LogP contribution >= 0.6 is 0 Å². The highest BCUT2D eigenvalue weighted by Gasteiger charge is 2.50. The van der Waals surface area contributed by atoms with Crippen molar-refractivity contribution in [2.75, 3.05) is 31.1 Å². The molecule has 2 aliphatic heterocycles. The maximum atomic E-state index is 14.3. The number of amides is 1. The summed E-state index contributed by atoms with van der Waals surface area (Å²) in [7, 11) is 0. The molecule has 1 amide bonds. The molecule has 2 fully saturated rings. The fourth-order valence-electron chi connectivity index (χ4n) is 7.17. The first-order valence-corrected chi connectivity index (χ1v) is 15.0. The molecule has 3 heterocycles. The van der Waals surface area contributed by atoms with Gasteiger partial charge in [0.1, 0.15) is 23.7 Å². The summed E-state index contributed by atoms with van der Waals surface area (Å²) in [6.45, 7) is 11.6. The molecule has 3 aromatic rings. The maximum absolute atomic E-state index is 14.3. The number of likely N-dealkylation sites (tertiary alicyclic amines) is 1. The lowest BCUT2D eigenvalue weighted by Gasteiger charge is -2.49. The van der Waals surface area contributed by atoms with Crippen LogP contribution in [0, 0.1) is 17.0 Å². The monoisotopic (exact) mass is 575 g/mol. The largest absolute Gasteiger partial charge is 0.451 e. The number of carbonyl (C=O) groups excluding carboxylic acids is 1. The summed E-state index contributed by atoms with van der Waals surface area (Å²) in [6, 6.07) is 9.64. The Morgan fingerprint density at radius 3 is 2.50 bits per heavy atom. The summed E-state index contributed by atoms with van der Waals surface area (Å²) in [4.78, 5) is 28.8. The number of rotatable bonds is 7. The van der Waals surface area contributed by atoms with Gasteiger partial charge in [0.15, 0.2) is 11.6 Å². The van der Waals surface area contributed by atoms with Gasteiger partial charge < -0.3 is 14.5 Å². The predicted molar refractivity (Wildman–Crippen MR) is 158 cm³/mol. The molecule has 0 saturated carbocycles. The van der Waals surface area contributed by atoms with E-state index in [-0.39, 0.29) is 40.5 Å². The quantitative estimate of drug-likeness (QED) is 0.351. The number of carbonyl (C=O) groups is 1. The van der Waals surface area contributed by atoms with E-state index in [1.54, 1.807) is 23.2 Å². The highest BCUT2D eigenvalue weighted by atomic mass is 19.1. The van der Waals surface area contributed by atoms with Crippen molar-refractivity contribution in [1.29, 1.82) is 0 Å². The van der Waals surface area contributed by atoms with Gasteiger partial charge in [0.05, 0.1) is 11.8 Å². The summed E-state index contributed by atoms with van der Waals surface area (Å²) in [5.41, 5.74) is 2.79. The van der Waals surface area contributed by atoms with Crippen LogP contribution in [-0.2, 0) is 12.8 Å². The van der Waals surface area contributed by atoms with Gasteiger partial charge >= 0.3 is 0 Å². The van der Waals surface area contributed by atoms with Gasteiger partial charge in [-0.05, 0) is 101 Å². The Morgan fingerprint density at radius 2 is 1.74 bits per heavy atom. The second kappa shape index (κ2) is 11.2. The summed E-state index contributed by atoms with van der Waals surface area (Å²) < 4.78 is 34.3. The van der Waals surface area contributed by atoms with E-state index >= 15 is 0 Å². The molecule has 3 aliphatic rings. The first kappa shape index (κ1) is 28.5. The van der Waals surface area contributed by atoms with Crippen LogP contribution in [-0.4, -0.2) is 70.0 Å². The zero-order chi connectivity index (χ0) is 29.6. The molecule has 0 radical (unpaired) electrons. The van der Waals surface area contributed by atoms with Gasteiger partial charge in [0, 0.05) is 43.2 Å². The van der Waals surface area contributed by atoms with E-state index in [0.717, 1.165) is 57.4 Å². The number of nitrogens with zero attached hydrogens (tertiary/aromatic N) is 5. The van der Waals surface area contributed by atoms with Crippen molar-refractivity contribution in [3.05, 3.63) is 77.2 Å². The van der Waals surface area contributed by atoms with Crippen molar-refractivity contribution in [2.45, 2.75) is 71.5 Å². The van der Waals surface area contributed by atoms with Gasteiger partial charge in [-0.25, -0.2) is 18.7 Å². The number of anilines is 1. The minimum absolute atomic E-state index is 0.0566. The molecule has 0 N–H and O–H groups in total. The number of hydrogen-bond donors (Lipinski definition) is 0. The number of aromatic nitrogens is 2. The third-order valence-electron chi connectivity index (χ3n) is 9.11. The molecule has 1 aliphatic carbocycles. The molecule has 6 rings (SSSR count). The van der Waals surface area contributed by atoms with Crippen LogP contribution in [0.15, 0.2) is 48.9 Å². The van der Waals surface area contributed by atoms with Gasteiger partial charge in [0.25, 0.3) is 5.91 Å². The molecule has 2 saturated heterocycles. The van der Waals surface area contributed by atoms with Crippen molar-refractivity contribution in [3.8, 4) is 11.5 Å². The van der Waals surface area contributed by atoms with Crippen molar-refractivity contribution >= 4 is 11.7 Å². The molecule has 0 bridgehead atoms. The molecule has 1 aromatic heterocycles. The normalized spacial score (nSPS) is 19.7. The molecule has 1 spiro atoms. The molecule has 1 atom stereocenters. The fourth-order valence-corrected chi connectivity index (χ4v) is 7.17. The molecular formula is C33H39F2N5O2. The average molecular weight is 576 g/mol. The first-order valence-electron chi connectivity index (χ1n) is 15.0. The Balaban J connectivity index is 1.15. The van der Waals surface area contributed by atoms with E-state index in [9.17, 15) is 13.6 Å². The van der Waals surface area contributed by atoms with E-state index in [2.05, 4.69) is 19.8 Å². The van der Waals surface area contributed by atoms with E-state index in [1.165, 1.54) is 30.1 Å². The minimum Gasteiger partial charge on any atom is -0.451 e. The highest BCUT2D eigenvalue weighted by molar-refractivity contribution is 5.97. The standard InChI is InChI=1S/C33H39F2N5O2/c1-21(2)40(22(3)4)32(41)28-15-26(35)8-10-29(28)42-30-16-36-20-37-31(30)39-18-33(19-39)11-12-38(17-33)27-9-6-23-13-25(34)7-5-24(23)14-27/h5,7-8,10,13,15-16,20-22,27H,6,9,11-12,14,17-19H2,1-4H3. The number of aryl methyl sites for hydroxylation is 1. The Labute approximate surface area is 246 Å². The van der Waals surface area contributed by atoms with Crippen LogP contribution in [0.5, 0.6) is 11.5 Å². The number of ether oxygens (including phenoxy) is 1. The van der Waals surface area contributed by atoms with Crippen LogP contribution in [0.1, 0.15) is 62.0 Å². The zero-order valence-electron chi connectivity index (χ0n) is 24.8. The van der Waals surface area contributed by atoms with Crippen LogP contribution in [0.4, 0.5) is 14.6 Å². The molecule has 222 valence electrons. The molecule has 2 aromatic carbocycles. The predicted octanol–water partition coefficient (Wildman–Crippen LogP) is 5.88. The summed E-state index contributed by atoms with van der Waals surface area (Å²) in [5.74, 6) is 0.479. The average Bonchev–Trinajstić information content (AvgIpc) is 3.39. The van der Waals surface area contributed by atoms with E-state index in [0.29, 0.717) is 17.6 Å². The number of halogens is 2. The van der Waals surface area contributed by atoms with Gasteiger partial charge in [-0.1, -0.05) is 6.07 Å². The number of hydrogen-bond acceptors (Lipinski definition) is 6. The summed E-state index contributed by atoms with van der Waals surface area (Å²) >= 11 is 0. The summed E-state index contributed by atoms with van der Waals surface area (Å²) in [6.07, 6.45) is 7.19. The van der Waals surface area contributed by atoms with E-state index < -0.39 is 5.82 Å². The topological polar surface area (TPSA) is 61.8 Å². The van der Waals surface area contributed by atoms with Crippen LogP contribution < -0.4 is 9.64 Å². The maximum Gasteiger partial charge on any atom is 0.258 e. The van der Waals surface area contributed by atoms with Crippen molar-refractivity contribution < 1.29 is 18.3 Å². The van der Waals surface area contributed by atoms with Crippen molar-refractivity contribution in [2.24, 2.45) is 5.41 Å². The Bertz CT molecular complexity index is 1460. The third kappa shape index (κ3) is 5.46. The minimum atomic E-state index is -0.494. The summed E-state index contributed by atoms with van der Waals surface area (Å²) in [5, 5.41) is 0. The Morgan fingerprint density at radius 1 is 1.00 bits per heavy atom. The lowest BCUT2D eigenvalue weighted by molar-refractivity contribution is 0.0640. The molecule has 9 heteroatoms. The fraction of sp³-hybridized carbons (Fsp3) is 0.485. The van der Waals surface area contributed by atoms with Crippen molar-refractivity contribution in [3.63, 3.8) is 0 Å². The number of benzene rings is 2. The molecular weight excluding hydrogens is 536 g/mol. The zero-order valence-corrected chi connectivity index (χ0v) is 24.8. The second-order valence-corrected chi connectivity index (χ2v) is 12.7.